The van der Waals surface area contributed by atoms with Crippen molar-refractivity contribution in [2.24, 2.45) is 17.3 Å². The van der Waals surface area contributed by atoms with Gasteiger partial charge in [-0.25, -0.2) is 13.2 Å². The zero-order valence-electron chi connectivity index (χ0n) is 14.4. The van der Waals surface area contributed by atoms with Gasteiger partial charge in [0.2, 0.25) is 0 Å². The van der Waals surface area contributed by atoms with Crippen molar-refractivity contribution in [3.05, 3.63) is 44.7 Å². The Bertz CT molecular complexity index is 741. The van der Waals surface area contributed by atoms with Crippen LogP contribution < -0.4 is 0 Å². The SMILES string of the molecule is CCc1c(F)c(C)c(F)c(F)c1COC(=O)[C@H]1[C@H](C=C(Cl)Cl)C1(C)C. The summed E-state index contributed by atoms with van der Waals surface area (Å²) in [4.78, 5) is 12.3. The summed E-state index contributed by atoms with van der Waals surface area (Å²) in [6.07, 6.45) is 1.71. The van der Waals surface area contributed by atoms with E-state index < -0.39 is 41.4 Å². The van der Waals surface area contributed by atoms with E-state index in [1.54, 1.807) is 13.0 Å². The highest BCUT2D eigenvalue weighted by Crippen LogP contribution is 2.60. The first-order valence-corrected chi connectivity index (χ1v) is 8.63. The molecule has 138 valence electrons. The zero-order valence-corrected chi connectivity index (χ0v) is 15.9. The van der Waals surface area contributed by atoms with Gasteiger partial charge < -0.3 is 4.74 Å². The molecule has 1 aliphatic carbocycles. The molecule has 7 heteroatoms. The molecule has 1 fully saturated rings. The highest BCUT2D eigenvalue weighted by Gasteiger charge is 2.61. The Kier molecular flexibility index (Phi) is 5.79. The summed E-state index contributed by atoms with van der Waals surface area (Å²) in [6.45, 7) is 5.95. The smallest absolute Gasteiger partial charge is 0.310 e. The van der Waals surface area contributed by atoms with E-state index in [9.17, 15) is 18.0 Å². The van der Waals surface area contributed by atoms with Crippen molar-refractivity contribution in [1.29, 1.82) is 0 Å². The molecule has 1 aromatic rings. The molecule has 1 aliphatic rings. The van der Waals surface area contributed by atoms with E-state index >= 15 is 0 Å². The van der Waals surface area contributed by atoms with Crippen LogP contribution in [-0.4, -0.2) is 5.97 Å². The van der Waals surface area contributed by atoms with Crippen LogP contribution >= 0.6 is 23.2 Å². The third-order valence-electron chi connectivity index (χ3n) is 4.93. The van der Waals surface area contributed by atoms with Crippen molar-refractivity contribution < 1.29 is 22.7 Å². The van der Waals surface area contributed by atoms with Crippen LogP contribution in [-0.2, 0) is 22.6 Å². The minimum Gasteiger partial charge on any atom is -0.460 e. The minimum absolute atomic E-state index is 0.0134. The van der Waals surface area contributed by atoms with E-state index in [0.717, 1.165) is 0 Å². The van der Waals surface area contributed by atoms with Gasteiger partial charge in [0.25, 0.3) is 0 Å². The second kappa shape index (κ2) is 7.20. The molecule has 0 unspecified atom stereocenters. The van der Waals surface area contributed by atoms with E-state index in [4.69, 9.17) is 27.9 Å². The summed E-state index contributed by atoms with van der Waals surface area (Å²) in [5, 5.41) is 0. The van der Waals surface area contributed by atoms with Gasteiger partial charge in [-0.3, -0.25) is 4.79 Å². The lowest BCUT2D eigenvalue weighted by molar-refractivity contribution is -0.147. The second-order valence-corrected chi connectivity index (χ2v) is 7.77. The van der Waals surface area contributed by atoms with Crippen LogP contribution in [0, 0.1) is 41.6 Å². The fraction of sp³-hybridized carbons (Fsp3) is 0.500. The maximum Gasteiger partial charge on any atom is 0.310 e. The predicted molar refractivity (Wildman–Crippen MR) is 90.8 cm³/mol. The van der Waals surface area contributed by atoms with Gasteiger partial charge in [-0.1, -0.05) is 44.0 Å². The van der Waals surface area contributed by atoms with Crippen LogP contribution in [0.5, 0.6) is 0 Å². The average Bonchev–Trinajstić information content (AvgIpc) is 3.06. The van der Waals surface area contributed by atoms with Gasteiger partial charge in [0.05, 0.1) is 5.92 Å². The summed E-state index contributed by atoms with van der Waals surface area (Å²) in [6, 6.07) is 0. The molecule has 2 nitrogen and oxygen atoms in total. The number of esters is 1. The number of hydrogen-bond acceptors (Lipinski definition) is 2. The number of ether oxygens (including phenoxy) is 1. The molecule has 0 bridgehead atoms. The Balaban J connectivity index is 2.20. The molecule has 0 N–H and O–H groups in total. The largest absolute Gasteiger partial charge is 0.460 e. The summed E-state index contributed by atoms with van der Waals surface area (Å²) in [5.41, 5.74) is -1.03. The second-order valence-electron chi connectivity index (χ2n) is 6.77. The molecule has 1 aromatic carbocycles. The zero-order chi connectivity index (χ0) is 19.1. The molecule has 0 amide bonds. The Labute approximate surface area is 154 Å². The van der Waals surface area contributed by atoms with Crippen LogP contribution in [0.1, 0.15) is 37.5 Å². The molecule has 0 aromatic heterocycles. The highest BCUT2D eigenvalue weighted by atomic mass is 35.5. The van der Waals surface area contributed by atoms with E-state index in [2.05, 4.69) is 0 Å². The topological polar surface area (TPSA) is 26.3 Å². The number of carbonyl (C=O) groups is 1. The van der Waals surface area contributed by atoms with Gasteiger partial charge in [-0.2, -0.15) is 0 Å². The summed E-state index contributed by atoms with van der Waals surface area (Å²) in [5.74, 6) is -4.53. The number of allylic oxidation sites excluding steroid dienone is 1. The lowest BCUT2D eigenvalue weighted by Gasteiger charge is -2.14. The molecule has 0 saturated heterocycles. The molecule has 2 atom stereocenters. The van der Waals surface area contributed by atoms with E-state index in [-0.39, 0.29) is 33.5 Å². The van der Waals surface area contributed by atoms with Gasteiger partial charge in [0.1, 0.15) is 16.9 Å². The van der Waals surface area contributed by atoms with Crippen molar-refractivity contribution in [3.63, 3.8) is 0 Å². The van der Waals surface area contributed by atoms with Crippen molar-refractivity contribution >= 4 is 29.2 Å². The maximum absolute atomic E-state index is 14.2. The molecule has 0 heterocycles. The van der Waals surface area contributed by atoms with Crippen LogP contribution in [0.25, 0.3) is 0 Å². The minimum atomic E-state index is -1.26. The number of carbonyl (C=O) groups excluding carboxylic acids is 1. The van der Waals surface area contributed by atoms with Gasteiger partial charge in [-0.15, -0.1) is 0 Å². The Morgan fingerprint density at radius 1 is 1.16 bits per heavy atom. The van der Waals surface area contributed by atoms with Gasteiger partial charge in [0, 0.05) is 11.1 Å². The number of rotatable bonds is 5. The molecule has 0 spiro atoms. The van der Waals surface area contributed by atoms with Crippen LogP contribution in [0.15, 0.2) is 10.6 Å². The fourth-order valence-corrected chi connectivity index (χ4v) is 3.48. The molecule has 0 aliphatic heterocycles. The first-order valence-electron chi connectivity index (χ1n) is 7.88. The quantitative estimate of drug-likeness (QED) is 0.479. The van der Waals surface area contributed by atoms with Crippen LogP contribution in [0.3, 0.4) is 0 Å². The predicted octanol–water partition coefficient (Wildman–Crippen LogP) is 5.61. The molecule has 1 saturated carbocycles. The molecule has 2 rings (SSSR count). The number of halogens is 5. The van der Waals surface area contributed by atoms with Gasteiger partial charge >= 0.3 is 5.97 Å². The van der Waals surface area contributed by atoms with E-state index in [1.807, 2.05) is 13.8 Å². The maximum atomic E-state index is 14.2. The van der Waals surface area contributed by atoms with Gasteiger partial charge in [-0.05, 0) is 36.3 Å². The van der Waals surface area contributed by atoms with E-state index in [0.29, 0.717) is 0 Å². The lowest BCUT2D eigenvalue weighted by Crippen LogP contribution is -2.14. The number of benzene rings is 1. The Morgan fingerprint density at radius 3 is 2.28 bits per heavy atom. The molecular weight excluding hydrogens is 376 g/mol. The Morgan fingerprint density at radius 2 is 1.76 bits per heavy atom. The fourth-order valence-electron chi connectivity index (χ4n) is 3.21. The summed E-state index contributed by atoms with van der Waals surface area (Å²) >= 11 is 11.3. The standard InChI is InChI=1S/C18H19Cl2F3O2/c1-5-9-10(16(23)15(22)8(2)14(9)21)7-25-17(24)13-11(6-12(19)20)18(13,3)4/h6,11,13H,5,7H2,1-4H3/t11-,13+/m0/s1. The molecule has 25 heavy (non-hydrogen) atoms. The molecule has 0 radical (unpaired) electrons. The van der Waals surface area contributed by atoms with Crippen molar-refractivity contribution in [2.45, 2.75) is 40.7 Å². The highest BCUT2D eigenvalue weighted by molar-refractivity contribution is 6.55. The van der Waals surface area contributed by atoms with Crippen LogP contribution in [0.4, 0.5) is 13.2 Å². The van der Waals surface area contributed by atoms with Gasteiger partial charge in [0.15, 0.2) is 11.6 Å². The van der Waals surface area contributed by atoms with E-state index in [1.165, 1.54) is 6.92 Å². The monoisotopic (exact) mass is 394 g/mol. The normalized spacial score (nSPS) is 21.0. The Hall–Kier alpha value is -1.20. The number of hydrogen-bond donors (Lipinski definition) is 0. The summed E-state index contributed by atoms with van der Waals surface area (Å²) in [7, 11) is 0. The lowest BCUT2D eigenvalue weighted by atomic mass is 10.0. The van der Waals surface area contributed by atoms with Crippen molar-refractivity contribution in [2.75, 3.05) is 0 Å². The average molecular weight is 395 g/mol. The van der Waals surface area contributed by atoms with Crippen molar-refractivity contribution in [1.82, 2.24) is 0 Å². The molecular formula is C18H19Cl2F3O2. The van der Waals surface area contributed by atoms with Crippen LogP contribution in [0.2, 0.25) is 0 Å². The first kappa shape index (κ1) is 20.1. The summed E-state index contributed by atoms with van der Waals surface area (Å²) < 4.78 is 47.3. The van der Waals surface area contributed by atoms with Crippen molar-refractivity contribution in [3.8, 4) is 0 Å². The third kappa shape index (κ3) is 3.68. The first-order chi connectivity index (χ1) is 11.5. The third-order valence-corrected chi connectivity index (χ3v) is 5.18.